The van der Waals surface area contributed by atoms with Gasteiger partial charge in [0.2, 0.25) is 0 Å². The molecule has 2 rings (SSSR count). The molecule has 2 aromatic rings. The molecule has 1 heterocycles. The smallest absolute Gasteiger partial charge is 0.336 e. The molecule has 4 nitrogen and oxygen atoms in total. The topological polar surface area (TPSA) is 70.4 Å². The third kappa shape index (κ3) is 2.74. The van der Waals surface area contributed by atoms with Crippen molar-refractivity contribution in [3.8, 4) is 5.75 Å². The van der Waals surface area contributed by atoms with Gasteiger partial charge in [-0.1, -0.05) is 12.1 Å². The van der Waals surface area contributed by atoms with Crippen molar-refractivity contribution in [3.63, 3.8) is 0 Å². The first-order valence-electron chi connectivity index (χ1n) is 5.31. The second-order valence-electron chi connectivity index (χ2n) is 3.69. The number of carbonyl (C=O) groups is 1. The van der Waals surface area contributed by atoms with Crippen LogP contribution in [0.15, 0.2) is 48.8 Å². The van der Waals surface area contributed by atoms with Crippen molar-refractivity contribution in [3.05, 3.63) is 59.9 Å². The lowest BCUT2D eigenvalue weighted by molar-refractivity contribution is -0.130. The van der Waals surface area contributed by atoms with E-state index in [4.69, 9.17) is 0 Å². The van der Waals surface area contributed by atoms with E-state index in [1.807, 2.05) is 0 Å². The minimum atomic E-state index is -1.02. The van der Waals surface area contributed by atoms with Crippen molar-refractivity contribution in [1.29, 1.82) is 0 Å². The third-order valence-electron chi connectivity index (χ3n) is 2.43. The molecular formula is C14H11NO3. The molecule has 0 aliphatic heterocycles. The molecule has 0 aliphatic rings. The number of aliphatic carboxylic acids is 1. The molecule has 0 saturated carbocycles. The van der Waals surface area contributed by atoms with Crippen LogP contribution in [0.4, 0.5) is 0 Å². The molecule has 1 aromatic carbocycles. The monoisotopic (exact) mass is 241 g/mol. The molecule has 0 amide bonds. The van der Waals surface area contributed by atoms with Crippen molar-refractivity contribution < 1.29 is 15.0 Å². The Kier molecular flexibility index (Phi) is 3.38. The zero-order chi connectivity index (χ0) is 13.0. The van der Waals surface area contributed by atoms with Crippen LogP contribution in [0.1, 0.15) is 11.1 Å². The zero-order valence-corrected chi connectivity index (χ0v) is 9.45. The molecule has 0 radical (unpaired) electrons. The number of phenols is 1. The molecule has 0 aliphatic carbocycles. The van der Waals surface area contributed by atoms with Gasteiger partial charge in [-0.3, -0.25) is 4.98 Å². The predicted molar refractivity (Wildman–Crippen MR) is 67.9 cm³/mol. The summed E-state index contributed by atoms with van der Waals surface area (Å²) in [5.41, 5.74) is 1.47. The SMILES string of the molecule is O=C(O)/C(=C\c1ccncc1)c1ccc(O)cc1. The summed E-state index contributed by atoms with van der Waals surface area (Å²) in [5.74, 6) is -0.912. The van der Waals surface area contributed by atoms with Crippen LogP contribution in [0.5, 0.6) is 5.75 Å². The van der Waals surface area contributed by atoms with Crippen LogP contribution in [0.2, 0.25) is 0 Å². The Labute approximate surface area is 104 Å². The average molecular weight is 241 g/mol. The maximum absolute atomic E-state index is 11.2. The van der Waals surface area contributed by atoms with Gasteiger partial charge in [0, 0.05) is 12.4 Å². The van der Waals surface area contributed by atoms with Crippen LogP contribution < -0.4 is 0 Å². The Hall–Kier alpha value is -2.62. The fourth-order valence-electron chi connectivity index (χ4n) is 1.54. The van der Waals surface area contributed by atoms with E-state index in [0.717, 1.165) is 5.56 Å². The lowest BCUT2D eigenvalue weighted by Crippen LogP contribution is -1.99. The van der Waals surface area contributed by atoms with Gasteiger partial charge in [0.25, 0.3) is 0 Å². The van der Waals surface area contributed by atoms with Gasteiger partial charge < -0.3 is 10.2 Å². The first-order valence-corrected chi connectivity index (χ1v) is 5.31. The molecule has 2 N–H and O–H groups in total. The van der Waals surface area contributed by atoms with Crippen LogP contribution in [0.3, 0.4) is 0 Å². The van der Waals surface area contributed by atoms with Gasteiger partial charge in [-0.2, -0.15) is 0 Å². The van der Waals surface area contributed by atoms with Gasteiger partial charge in [-0.25, -0.2) is 4.79 Å². The number of benzene rings is 1. The average Bonchev–Trinajstić information content (AvgIpc) is 2.38. The quantitative estimate of drug-likeness (QED) is 0.809. The normalized spacial score (nSPS) is 11.2. The second kappa shape index (κ2) is 5.14. The summed E-state index contributed by atoms with van der Waals surface area (Å²) in [4.78, 5) is 15.1. The summed E-state index contributed by atoms with van der Waals surface area (Å²) in [6, 6.07) is 9.50. The van der Waals surface area contributed by atoms with Crippen molar-refractivity contribution in [1.82, 2.24) is 4.98 Å². The number of carboxylic acid groups (broad SMARTS) is 1. The number of phenolic OH excluding ortho intramolecular Hbond substituents is 1. The van der Waals surface area contributed by atoms with Crippen molar-refractivity contribution >= 4 is 17.6 Å². The molecule has 0 bridgehead atoms. The van der Waals surface area contributed by atoms with Gasteiger partial charge in [-0.15, -0.1) is 0 Å². The lowest BCUT2D eigenvalue weighted by Gasteiger charge is -2.03. The second-order valence-corrected chi connectivity index (χ2v) is 3.69. The zero-order valence-electron chi connectivity index (χ0n) is 9.45. The number of hydrogen-bond acceptors (Lipinski definition) is 3. The van der Waals surface area contributed by atoms with E-state index in [1.54, 1.807) is 42.7 Å². The first-order chi connectivity index (χ1) is 8.66. The Bertz CT molecular complexity index is 574. The maximum atomic E-state index is 11.2. The highest BCUT2D eigenvalue weighted by atomic mass is 16.4. The summed E-state index contributed by atoms with van der Waals surface area (Å²) in [5, 5.41) is 18.4. The minimum absolute atomic E-state index is 0.104. The predicted octanol–water partition coefficient (Wildman–Crippen LogP) is 2.41. The standard InChI is InChI=1S/C14H11NO3/c16-12-3-1-11(2-4-12)13(14(17)18)9-10-5-7-15-8-6-10/h1-9,16H,(H,17,18)/b13-9-. The highest BCUT2D eigenvalue weighted by Crippen LogP contribution is 2.20. The van der Waals surface area contributed by atoms with Crippen LogP contribution in [0.25, 0.3) is 11.6 Å². The minimum Gasteiger partial charge on any atom is -0.508 e. The van der Waals surface area contributed by atoms with Gasteiger partial charge in [0.05, 0.1) is 5.57 Å². The number of nitrogens with zero attached hydrogens (tertiary/aromatic N) is 1. The Morgan fingerprint density at radius 3 is 2.22 bits per heavy atom. The molecule has 0 fully saturated rings. The maximum Gasteiger partial charge on any atom is 0.336 e. The Morgan fingerprint density at radius 1 is 1.06 bits per heavy atom. The fourth-order valence-corrected chi connectivity index (χ4v) is 1.54. The van der Waals surface area contributed by atoms with E-state index in [1.165, 1.54) is 12.1 Å². The van der Waals surface area contributed by atoms with Gasteiger partial charge in [0.15, 0.2) is 0 Å². The van der Waals surface area contributed by atoms with Gasteiger partial charge >= 0.3 is 5.97 Å². The summed E-state index contributed by atoms with van der Waals surface area (Å²) < 4.78 is 0. The van der Waals surface area contributed by atoms with E-state index < -0.39 is 5.97 Å². The third-order valence-corrected chi connectivity index (χ3v) is 2.43. The fraction of sp³-hybridized carbons (Fsp3) is 0. The number of pyridine rings is 1. The van der Waals surface area contributed by atoms with Crippen LogP contribution in [-0.4, -0.2) is 21.2 Å². The van der Waals surface area contributed by atoms with Crippen LogP contribution in [0, 0.1) is 0 Å². The van der Waals surface area contributed by atoms with E-state index >= 15 is 0 Å². The van der Waals surface area contributed by atoms with Crippen molar-refractivity contribution in [2.45, 2.75) is 0 Å². The number of hydrogen-bond donors (Lipinski definition) is 2. The number of rotatable bonds is 3. The Morgan fingerprint density at radius 2 is 1.67 bits per heavy atom. The van der Waals surface area contributed by atoms with Gasteiger partial charge in [0.1, 0.15) is 5.75 Å². The van der Waals surface area contributed by atoms with E-state index in [2.05, 4.69) is 4.98 Å². The number of aromatic nitrogens is 1. The molecule has 0 spiro atoms. The van der Waals surface area contributed by atoms with E-state index in [0.29, 0.717) is 5.56 Å². The number of aromatic hydroxyl groups is 1. The molecule has 0 saturated heterocycles. The van der Waals surface area contributed by atoms with Crippen LogP contribution in [-0.2, 0) is 4.79 Å². The van der Waals surface area contributed by atoms with Crippen molar-refractivity contribution in [2.75, 3.05) is 0 Å². The molecule has 0 unspecified atom stereocenters. The molecule has 1 aromatic heterocycles. The summed E-state index contributed by atoms with van der Waals surface area (Å²) in [6.07, 6.45) is 4.76. The molecule has 4 heteroatoms. The highest BCUT2D eigenvalue weighted by Gasteiger charge is 2.10. The van der Waals surface area contributed by atoms with Gasteiger partial charge in [-0.05, 0) is 41.5 Å². The molecular weight excluding hydrogens is 230 g/mol. The molecule has 0 atom stereocenters. The van der Waals surface area contributed by atoms with Crippen LogP contribution >= 0.6 is 0 Å². The molecule has 90 valence electrons. The highest BCUT2D eigenvalue weighted by molar-refractivity contribution is 6.20. The summed E-state index contributed by atoms with van der Waals surface area (Å²) in [6.45, 7) is 0. The van der Waals surface area contributed by atoms with E-state index in [-0.39, 0.29) is 11.3 Å². The lowest BCUT2D eigenvalue weighted by atomic mass is 10.0. The summed E-state index contributed by atoms with van der Waals surface area (Å²) >= 11 is 0. The van der Waals surface area contributed by atoms with Crippen molar-refractivity contribution in [2.24, 2.45) is 0 Å². The summed E-state index contributed by atoms with van der Waals surface area (Å²) in [7, 11) is 0. The Balaban J connectivity index is 2.44. The van der Waals surface area contributed by atoms with E-state index in [9.17, 15) is 15.0 Å². The molecule has 18 heavy (non-hydrogen) atoms. The largest absolute Gasteiger partial charge is 0.508 e. The number of carboxylic acids is 1. The first kappa shape index (κ1) is 11.9.